The molecule has 188 valence electrons. The molecule has 5 rings (SSSR count). The van der Waals surface area contributed by atoms with E-state index in [2.05, 4.69) is 33.8 Å². The van der Waals surface area contributed by atoms with Gasteiger partial charge in [0.2, 0.25) is 0 Å². The Morgan fingerprint density at radius 2 is 1.95 bits per heavy atom. The van der Waals surface area contributed by atoms with E-state index in [-0.39, 0.29) is 13.0 Å². The molecule has 1 aliphatic heterocycles. The summed E-state index contributed by atoms with van der Waals surface area (Å²) < 4.78 is 1.96. The Kier molecular flexibility index (Phi) is 7.02. The summed E-state index contributed by atoms with van der Waals surface area (Å²) in [6.07, 6.45) is 0.742. The van der Waals surface area contributed by atoms with Crippen molar-refractivity contribution in [3.8, 4) is 5.00 Å². The molecule has 4 aromatic rings. The second kappa shape index (κ2) is 10.5. The van der Waals surface area contributed by atoms with Crippen molar-refractivity contribution in [3.63, 3.8) is 0 Å². The fraction of sp³-hybridized carbons (Fsp3) is 0.192. The Labute approximate surface area is 221 Å². The number of carboxylic acid groups (broad SMARTS) is 1. The average molecular weight is 535 g/mol. The standard InChI is InChI=1S/C26H23ClN6O3S/c1-2-17-12-19-24(18-8-3-4-9-20(18)27)28-13-21-31-32-22(33(21)25(19)37-17)14-29-26(36)30-16-7-5-6-15(10-16)11-23(34)35/h3-10,12H,2,11,13-14H2,1H3,(H,34,35)(H2,29,30,36). The van der Waals surface area contributed by atoms with E-state index < -0.39 is 12.0 Å². The van der Waals surface area contributed by atoms with Crippen LogP contribution in [0.15, 0.2) is 59.6 Å². The molecule has 11 heteroatoms. The number of aliphatic imine (C=N–C) groups is 1. The number of aliphatic carboxylic acids is 1. The number of aromatic nitrogens is 3. The van der Waals surface area contributed by atoms with E-state index >= 15 is 0 Å². The van der Waals surface area contributed by atoms with E-state index in [1.807, 2.05) is 28.8 Å². The highest BCUT2D eigenvalue weighted by atomic mass is 35.5. The first kappa shape index (κ1) is 24.7. The number of halogens is 1. The number of nitrogens with zero attached hydrogens (tertiary/aromatic N) is 4. The van der Waals surface area contributed by atoms with Gasteiger partial charge in [-0.3, -0.25) is 14.4 Å². The molecule has 3 heterocycles. The summed E-state index contributed by atoms with van der Waals surface area (Å²) in [6, 6.07) is 16.1. The van der Waals surface area contributed by atoms with Gasteiger partial charge in [0, 0.05) is 26.7 Å². The first-order valence-electron chi connectivity index (χ1n) is 11.6. The maximum Gasteiger partial charge on any atom is 0.319 e. The number of aryl methyl sites for hydroxylation is 1. The van der Waals surface area contributed by atoms with Crippen LogP contribution in [0.1, 0.15) is 40.1 Å². The van der Waals surface area contributed by atoms with Crippen LogP contribution in [0.2, 0.25) is 5.02 Å². The van der Waals surface area contributed by atoms with Gasteiger partial charge in [0.05, 0.1) is 18.7 Å². The highest BCUT2D eigenvalue weighted by molar-refractivity contribution is 7.15. The minimum absolute atomic E-state index is 0.121. The number of amides is 2. The number of urea groups is 1. The largest absolute Gasteiger partial charge is 0.481 e. The Balaban J connectivity index is 1.39. The second-order valence-electron chi connectivity index (χ2n) is 8.38. The van der Waals surface area contributed by atoms with Gasteiger partial charge < -0.3 is 15.7 Å². The predicted octanol–water partition coefficient (Wildman–Crippen LogP) is 4.84. The molecule has 0 radical (unpaired) electrons. The predicted molar refractivity (Wildman–Crippen MR) is 143 cm³/mol. The smallest absolute Gasteiger partial charge is 0.319 e. The van der Waals surface area contributed by atoms with Gasteiger partial charge in [-0.15, -0.1) is 21.5 Å². The molecule has 2 aromatic heterocycles. The molecule has 2 aromatic carbocycles. The summed E-state index contributed by atoms with van der Waals surface area (Å²) >= 11 is 8.16. The van der Waals surface area contributed by atoms with Gasteiger partial charge in [-0.05, 0) is 36.2 Å². The van der Waals surface area contributed by atoms with Crippen molar-refractivity contribution in [2.75, 3.05) is 5.32 Å². The van der Waals surface area contributed by atoms with Crippen LogP contribution in [0, 0.1) is 0 Å². The number of rotatable bonds is 7. The summed E-state index contributed by atoms with van der Waals surface area (Å²) in [5.74, 6) is 0.312. The fourth-order valence-corrected chi connectivity index (χ4v) is 5.50. The monoisotopic (exact) mass is 534 g/mol. The van der Waals surface area contributed by atoms with E-state index in [0.717, 1.165) is 28.3 Å². The van der Waals surface area contributed by atoms with Gasteiger partial charge in [0.15, 0.2) is 11.6 Å². The van der Waals surface area contributed by atoms with Crippen molar-refractivity contribution < 1.29 is 14.7 Å². The molecule has 1 aliphatic rings. The Morgan fingerprint density at radius 1 is 1.11 bits per heavy atom. The molecule has 2 amide bonds. The summed E-state index contributed by atoms with van der Waals surface area (Å²) in [6.45, 7) is 2.55. The molecule has 0 aliphatic carbocycles. The van der Waals surface area contributed by atoms with Gasteiger partial charge >= 0.3 is 12.0 Å². The number of carbonyl (C=O) groups is 2. The Hall–Kier alpha value is -4.02. The minimum atomic E-state index is -0.935. The third-order valence-corrected chi connectivity index (χ3v) is 7.42. The number of anilines is 1. The van der Waals surface area contributed by atoms with Crippen LogP contribution in [-0.2, 0) is 30.7 Å². The van der Waals surface area contributed by atoms with Crippen LogP contribution in [0.25, 0.3) is 5.00 Å². The Bertz CT molecular complexity index is 1530. The van der Waals surface area contributed by atoms with E-state index in [0.29, 0.717) is 34.5 Å². The van der Waals surface area contributed by atoms with Crippen LogP contribution in [0.4, 0.5) is 10.5 Å². The SMILES string of the molecule is CCc1cc2c(s1)-n1c(nnc1CNC(=O)Nc1cccc(CC(=O)O)c1)CN=C2c1ccccc1Cl. The number of carbonyl (C=O) groups excluding carboxylic acids is 1. The first-order chi connectivity index (χ1) is 17.9. The van der Waals surface area contributed by atoms with Crippen molar-refractivity contribution in [2.45, 2.75) is 32.9 Å². The quantitative estimate of drug-likeness (QED) is 0.313. The topological polar surface area (TPSA) is 122 Å². The number of nitrogens with one attached hydrogen (secondary N) is 2. The van der Waals surface area contributed by atoms with E-state index in [1.165, 1.54) is 4.88 Å². The zero-order valence-corrected chi connectivity index (χ0v) is 21.4. The van der Waals surface area contributed by atoms with Crippen LogP contribution in [0.3, 0.4) is 0 Å². The molecule has 37 heavy (non-hydrogen) atoms. The number of carboxylic acids is 1. The summed E-state index contributed by atoms with van der Waals surface area (Å²) in [7, 11) is 0. The van der Waals surface area contributed by atoms with Crippen LogP contribution in [0.5, 0.6) is 0 Å². The van der Waals surface area contributed by atoms with E-state index in [4.69, 9.17) is 21.7 Å². The molecule has 0 saturated carbocycles. The molecule has 0 unspecified atom stereocenters. The van der Waals surface area contributed by atoms with Gasteiger partial charge in [-0.2, -0.15) is 0 Å². The zero-order chi connectivity index (χ0) is 25.9. The highest BCUT2D eigenvalue weighted by Crippen LogP contribution is 2.34. The van der Waals surface area contributed by atoms with Crippen molar-refractivity contribution in [1.82, 2.24) is 20.1 Å². The van der Waals surface area contributed by atoms with Crippen molar-refractivity contribution in [3.05, 3.63) is 92.8 Å². The first-order valence-corrected chi connectivity index (χ1v) is 12.8. The summed E-state index contributed by atoms with van der Waals surface area (Å²) in [4.78, 5) is 29.6. The number of fused-ring (bicyclic) bond motifs is 3. The number of hydrogen-bond acceptors (Lipinski definition) is 6. The molecule has 0 saturated heterocycles. The molecule has 3 N–H and O–H groups in total. The highest BCUT2D eigenvalue weighted by Gasteiger charge is 2.26. The fourth-order valence-electron chi connectivity index (χ4n) is 4.13. The van der Waals surface area contributed by atoms with Crippen molar-refractivity contribution >= 4 is 46.3 Å². The normalized spacial score (nSPS) is 12.2. The number of hydrogen-bond donors (Lipinski definition) is 3. The van der Waals surface area contributed by atoms with Gasteiger partial charge in [0.1, 0.15) is 11.5 Å². The summed E-state index contributed by atoms with van der Waals surface area (Å²) in [5.41, 5.74) is 3.71. The van der Waals surface area contributed by atoms with Crippen molar-refractivity contribution in [2.24, 2.45) is 4.99 Å². The van der Waals surface area contributed by atoms with E-state index in [1.54, 1.807) is 35.6 Å². The van der Waals surface area contributed by atoms with Crippen molar-refractivity contribution in [1.29, 1.82) is 0 Å². The lowest BCUT2D eigenvalue weighted by Gasteiger charge is -2.11. The van der Waals surface area contributed by atoms with Gasteiger partial charge in [0.25, 0.3) is 0 Å². The average Bonchev–Trinajstić information content (AvgIpc) is 3.44. The molecule has 0 spiro atoms. The molecule has 0 atom stereocenters. The van der Waals surface area contributed by atoms with Crippen LogP contribution in [-0.4, -0.2) is 37.6 Å². The Morgan fingerprint density at radius 3 is 2.73 bits per heavy atom. The molecule has 0 bridgehead atoms. The number of benzene rings is 2. The molecular weight excluding hydrogens is 512 g/mol. The third-order valence-electron chi connectivity index (χ3n) is 5.82. The number of thiophene rings is 1. The molecule has 9 nitrogen and oxygen atoms in total. The van der Waals surface area contributed by atoms with Gasteiger partial charge in [-0.1, -0.05) is 48.9 Å². The van der Waals surface area contributed by atoms with E-state index in [9.17, 15) is 9.59 Å². The maximum absolute atomic E-state index is 12.6. The van der Waals surface area contributed by atoms with Crippen LogP contribution >= 0.6 is 22.9 Å². The lowest BCUT2D eigenvalue weighted by atomic mass is 10.0. The minimum Gasteiger partial charge on any atom is -0.481 e. The second-order valence-corrected chi connectivity index (χ2v) is 9.90. The maximum atomic E-state index is 12.6. The third kappa shape index (κ3) is 5.25. The molecular formula is C26H23ClN6O3S. The lowest BCUT2D eigenvalue weighted by Crippen LogP contribution is -2.29. The zero-order valence-electron chi connectivity index (χ0n) is 19.9. The van der Waals surface area contributed by atoms with Crippen LogP contribution < -0.4 is 10.6 Å². The summed E-state index contributed by atoms with van der Waals surface area (Å²) in [5, 5.41) is 24.8. The molecule has 0 fully saturated rings. The lowest BCUT2D eigenvalue weighted by molar-refractivity contribution is -0.136. The van der Waals surface area contributed by atoms with Gasteiger partial charge in [-0.25, -0.2) is 4.79 Å².